The molecule has 4 aliphatic heterocycles. The number of likely N-dealkylation sites (tertiary alicyclic amines) is 2. The van der Waals surface area contributed by atoms with Gasteiger partial charge in [-0.05, 0) is 107 Å². The molecule has 2 aromatic carbocycles. The van der Waals surface area contributed by atoms with E-state index in [1.807, 2.05) is 49.5 Å². The summed E-state index contributed by atoms with van der Waals surface area (Å²) in [5, 5.41) is 2.92. The van der Waals surface area contributed by atoms with Gasteiger partial charge >= 0.3 is 5.69 Å². The monoisotopic (exact) mass is 864 g/mol. The van der Waals surface area contributed by atoms with Crippen LogP contribution in [0.25, 0.3) is 32.2 Å². The molecule has 1 spiro atoms. The molecule has 0 saturated carbocycles. The Balaban J connectivity index is 0.802. The summed E-state index contributed by atoms with van der Waals surface area (Å²) in [7, 11) is 10.8. The molecule has 1 N–H and O–H groups in total. The second-order valence-corrected chi connectivity index (χ2v) is 19.2. The van der Waals surface area contributed by atoms with Gasteiger partial charge in [-0.25, -0.2) is 4.79 Å². The number of aryl methyl sites for hydroxylation is 2. The summed E-state index contributed by atoms with van der Waals surface area (Å²) in [5.74, 6) is 1.19. The Kier molecular flexibility index (Phi) is 11.0. The van der Waals surface area contributed by atoms with E-state index in [-0.39, 0.29) is 34.9 Å². The van der Waals surface area contributed by atoms with Crippen LogP contribution < -0.4 is 30.9 Å². The highest BCUT2D eigenvalue weighted by Crippen LogP contribution is 2.44. The van der Waals surface area contributed by atoms with E-state index >= 15 is 0 Å². The molecular weight excluding hydrogens is 809 g/mol. The third kappa shape index (κ3) is 7.49. The second-order valence-electron chi connectivity index (χ2n) is 18.2. The second kappa shape index (κ2) is 16.3. The molecule has 7 heterocycles. The van der Waals surface area contributed by atoms with Crippen molar-refractivity contribution < 1.29 is 23.9 Å². The van der Waals surface area contributed by atoms with Gasteiger partial charge in [0.15, 0.2) is 0 Å². The van der Waals surface area contributed by atoms with Crippen molar-refractivity contribution in [2.45, 2.75) is 51.1 Å². The number of imide groups is 1. The maximum atomic E-state index is 14.0. The van der Waals surface area contributed by atoms with Crippen LogP contribution in [-0.2, 0) is 30.2 Å². The molecule has 1 atom stereocenters. The van der Waals surface area contributed by atoms with Gasteiger partial charge in [0.25, 0.3) is 11.5 Å². The van der Waals surface area contributed by atoms with E-state index in [9.17, 15) is 24.0 Å². The van der Waals surface area contributed by atoms with E-state index < -0.39 is 11.9 Å². The van der Waals surface area contributed by atoms with Gasteiger partial charge in [-0.3, -0.25) is 33.6 Å². The average molecular weight is 865 g/mol. The van der Waals surface area contributed by atoms with Gasteiger partial charge in [0.2, 0.25) is 11.8 Å². The summed E-state index contributed by atoms with van der Waals surface area (Å²) in [6.45, 7) is 7.15. The van der Waals surface area contributed by atoms with Crippen molar-refractivity contribution in [2.75, 3.05) is 79.0 Å². The van der Waals surface area contributed by atoms with Crippen molar-refractivity contribution in [3.05, 3.63) is 73.9 Å². The Labute approximate surface area is 364 Å². The molecule has 16 heteroatoms. The number of imidazole rings is 1. The highest BCUT2D eigenvalue weighted by Gasteiger charge is 2.45. The summed E-state index contributed by atoms with van der Waals surface area (Å²) in [5.41, 5.74) is 5.11. The summed E-state index contributed by atoms with van der Waals surface area (Å²) in [6.07, 6.45) is 6.55. The first kappa shape index (κ1) is 41.9. The molecule has 328 valence electrons. The Morgan fingerprint density at radius 2 is 1.60 bits per heavy atom. The molecule has 3 amide bonds. The number of amides is 3. The minimum absolute atomic E-state index is 0.0168. The maximum Gasteiger partial charge on any atom is 0.329 e. The first-order chi connectivity index (χ1) is 29.8. The Bertz CT molecular complexity index is 2680. The van der Waals surface area contributed by atoms with Gasteiger partial charge in [0.1, 0.15) is 17.5 Å². The third-order valence-electron chi connectivity index (χ3n) is 13.8. The van der Waals surface area contributed by atoms with Crippen LogP contribution >= 0.6 is 11.3 Å². The number of hydrogen-bond donors (Lipinski definition) is 1. The van der Waals surface area contributed by atoms with E-state index in [2.05, 4.69) is 26.1 Å². The number of aromatic nitrogens is 3. The number of nitrogens with zero attached hydrogens (tertiary/aromatic N) is 7. The molecule has 4 saturated heterocycles. The van der Waals surface area contributed by atoms with Crippen LogP contribution in [0.5, 0.6) is 11.5 Å². The largest absolute Gasteiger partial charge is 0.496 e. The first-order valence-corrected chi connectivity index (χ1v) is 22.4. The van der Waals surface area contributed by atoms with Crippen LogP contribution in [-0.4, -0.2) is 120 Å². The Morgan fingerprint density at radius 1 is 0.903 bits per heavy atom. The average Bonchev–Trinajstić information content (AvgIpc) is 3.80. The Hall–Kier alpha value is -5.45. The van der Waals surface area contributed by atoms with Crippen molar-refractivity contribution in [3.63, 3.8) is 0 Å². The number of rotatable bonds is 10. The van der Waals surface area contributed by atoms with Gasteiger partial charge in [0.05, 0.1) is 41.1 Å². The van der Waals surface area contributed by atoms with E-state index in [1.165, 1.54) is 15.9 Å². The number of thiophene rings is 1. The number of fused-ring (bicyclic) bond motifs is 2. The molecule has 9 rings (SSSR count). The minimum Gasteiger partial charge on any atom is -0.496 e. The van der Waals surface area contributed by atoms with Crippen LogP contribution in [0.3, 0.4) is 0 Å². The van der Waals surface area contributed by atoms with Crippen LogP contribution in [0.4, 0.5) is 5.69 Å². The van der Waals surface area contributed by atoms with Gasteiger partial charge in [-0.1, -0.05) is 0 Å². The van der Waals surface area contributed by atoms with E-state index in [0.717, 1.165) is 91.0 Å². The topological polar surface area (TPSA) is 144 Å². The molecule has 0 aliphatic carbocycles. The normalized spacial score (nSPS) is 19.8. The lowest BCUT2D eigenvalue weighted by atomic mass is 9.71. The Morgan fingerprint density at radius 3 is 2.24 bits per heavy atom. The summed E-state index contributed by atoms with van der Waals surface area (Å²) in [6, 6.07) is 11.1. The fourth-order valence-electron chi connectivity index (χ4n) is 10.3. The SMILES string of the molecule is COc1cc(-c2cn(C)c(=O)c3cc(C(=O)N4CCC(CN5CCC6(CC5)CN(c5ccc7c(c5)n(C)c(=O)n7C5CCC(=O)NC5=O)C6)CC4)sc23)cc(OC)c1CN(C)C. The highest BCUT2D eigenvalue weighted by atomic mass is 32.1. The fraction of sp³-hybridized carbons (Fsp3) is 0.500. The number of nitrogens with one attached hydrogen (secondary N) is 1. The molecular formula is C46H56N8O7S. The quantitative estimate of drug-likeness (QED) is 0.201. The molecule has 62 heavy (non-hydrogen) atoms. The van der Waals surface area contributed by atoms with Crippen molar-refractivity contribution in [3.8, 4) is 22.6 Å². The molecule has 0 radical (unpaired) electrons. The first-order valence-electron chi connectivity index (χ1n) is 21.6. The van der Waals surface area contributed by atoms with Crippen molar-refractivity contribution in [1.82, 2.24) is 33.7 Å². The number of pyridine rings is 1. The van der Waals surface area contributed by atoms with E-state index in [0.29, 0.717) is 59.3 Å². The number of benzene rings is 2. The molecule has 1 unspecified atom stereocenters. The lowest BCUT2D eigenvalue weighted by Gasteiger charge is -2.55. The molecule has 4 fully saturated rings. The molecule has 3 aromatic heterocycles. The van der Waals surface area contributed by atoms with Crippen molar-refractivity contribution in [2.24, 2.45) is 25.4 Å². The smallest absolute Gasteiger partial charge is 0.329 e. The van der Waals surface area contributed by atoms with Crippen molar-refractivity contribution >= 4 is 55.9 Å². The summed E-state index contributed by atoms with van der Waals surface area (Å²) >= 11 is 1.39. The van der Waals surface area contributed by atoms with Crippen LogP contribution in [0, 0.1) is 11.3 Å². The van der Waals surface area contributed by atoms with Gasteiger partial charge < -0.3 is 33.6 Å². The zero-order valence-electron chi connectivity index (χ0n) is 36.5. The summed E-state index contributed by atoms with van der Waals surface area (Å²) < 4.78 is 17.1. The third-order valence-corrected chi connectivity index (χ3v) is 15.0. The molecule has 4 aliphatic rings. The lowest BCUT2D eigenvalue weighted by Crippen LogP contribution is -2.60. The van der Waals surface area contributed by atoms with Gasteiger partial charge in [-0.2, -0.15) is 0 Å². The van der Waals surface area contributed by atoms with Gasteiger partial charge in [-0.15, -0.1) is 11.3 Å². The van der Waals surface area contributed by atoms with Gasteiger partial charge in [0, 0.05) is 87.3 Å². The zero-order chi connectivity index (χ0) is 43.6. The van der Waals surface area contributed by atoms with Crippen LogP contribution in [0.15, 0.2) is 52.2 Å². The van der Waals surface area contributed by atoms with Crippen LogP contribution in [0.1, 0.15) is 59.8 Å². The minimum atomic E-state index is -0.693. The van der Waals surface area contributed by atoms with Crippen molar-refractivity contribution in [1.29, 1.82) is 0 Å². The van der Waals surface area contributed by atoms with E-state index in [1.54, 1.807) is 43.5 Å². The summed E-state index contributed by atoms with van der Waals surface area (Å²) in [4.78, 5) is 74.6. The number of anilines is 1. The predicted octanol–water partition coefficient (Wildman–Crippen LogP) is 4.43. The zero-order valence-corrected chi connectivity index (χ0v) is 37.3. The van der Waals surface area contributed by atoms with Crippen LogP contribution in [0.2, 0.25) is 0 Å². The number of methoxy groups -OCH3 is 2. The highest BCUT2D eigenvalue weighted by molar-refractivity contribution is 7.21. The number of carbonyl (C=O) groups is 3. The maximum absolute atomic E-state index is 14.0. The number of carbonyl (C=O) groups excluding carboxylic acids is 3. The standard InChI is InChI=1S/C46H56N8O7S/c1-48(2)24-33-37(60-5)19-29(20-38(33)61-6)32-25-49(3)43(57)31-22-39(62-41(31)32)44(58)52-15-11-28(12-16-52)23-51-17-13-46(14-18-51)26-53(27-46)30-7-8-34-36(21-30)50(4)45(59)54(34)35-9-10-40(55)47-42(35)56/h7-8,19-22,25,28,35H,9-18,23-24,26-27H2,1-6H3,(H,47,55,56). The predicted molar refractivity (Wildman–Crippen MR) is 241 cm³/mol. The molecule has 0 bridgehead atoms. The number of ether oxygens (including phenoxy) is 2. The number of piperidine rings is 3. The fourth-order valence-corrected chi connectivity index (χ4v) is 11.4. The molecule has 15 nitrogen and oxygen atoms in total. The van der Waals surface area contributed by atoms with E-state index in [4.69, 9.17) is 9.47 Å². The number of hydrogen-bond acceptors (Lipinski definition) is 11. The molecule has 5 aromatic rings. The lowest BCUT2D eigenvalue weighted by molar-refractivity contribution is -0.135.